The monoisotopic (exact) mass is 552 g/mol. The van der Waals surface area contributed by atoms with E-state index in [1.54, 1.807) is 0 Å². The van der Waals surface area contributed by atoms with E-state index >= 15 is 0 Å². The van der Waals surface area contributed by atoms with Crippen LogP contribution in [0.2, 0.25) is 0 Å². The molecule has 0 aromatic rings. The summed E-state index contributed by atoms with van der Waals surface area (Å²) in [6.07, 6.45) is 39.7. The number of hydrogen-bond acceptors (Lipinski definition) is 3. The van der Waals surface area contributed by atoms with Gasteiger partial charge in [-0.2, -0.15) is 5.12 Å². The van der Waals surface area contributed by atoms with Crippen LogP contribution in [0.5, 0.6) is 0 Å². The van der Waals surface area contributed by atoms with E-state index in [1.165, 1.54) is 193 Å². The third-order valence-electron chi connectivity index (χ3n) is 8.52. The van der Waals surface area contributed by atoms with Gasteiger partial charge in [0.15, 0.2) is 0 Å². The summed E-state index contributed by atoms with van der Waals surface area (Å²) in [5.74, 6) is 0. The fourth-order valence-corrected chi connectivity index (χ4v) is 5.77. The highest BCUT2D eigenvalue weighted by Gasteiger charge is 2.13. The van der Waals surface area contributed by atoms with Gasteiger partial charge in [-0.25, -0.2) is 10.4 Å². The van der Waals surface area contributed by atoms with Gasteiger partial charge in [0.05, 0.1) is 0 Å². The smallest absolute Gasteiger partial charge is 0.0290 e. The lowest BCUT2D eigenvalue weighted by atomic mass is 10.0. The van der Waals surface area contributed by atoms with E-state index in [9.17, 15) is 0 Å². The number of nitrogens with one attached hydrogen (secondary N) is 1. The molecule has 0 aromatic heterocycles. The van der Waals surface area contributed by atoms with Crippen molar-refractivity contribution in [2.45, 2.75) is 207 Å². The Balaban J connectivity index is 3.91. The zero-order chi connectivity index (χ0) is 28.5. The lowest BCUT2D eigenvalue weighted by molar-refractivity contribution is -0.0691. The second-order valence-electron chi connectivity index (χ2n) is 12.4. The molecule has 0 spiro atoms. The van der Waals surface area contributed by atoms with Gasteiger partial charge in [-0.05, 0) is 19.3 Å². The maximum absolute atomic E-state index is 3.81. The maximum atomic E-state index is 3.81. The number of rotatable bonds is 34. The zero-order valence-electron chi connectivity index (χ0n) is 28.0. The van der Waals surface area contributed by atoms with Gasteiger partial charge < -0.3 is 0 Å². The van der Waals surface area contributed by atoms with Crippen LogP contribution in [0.1, 0.15) is 207 Å². The van der Waals surface area contributed by atoms with Crippen molar-refractivity contribution in [2.75, 3.05) is 26.2 Å². The predicted octanol–water partition coefficient (Wildman–Crippen LogP) is 12.0. The zero-order valence-corrected chi connectivity index (χ0v) is 28.0. The van der Waals surface area contributed by atoms with Gasteiger partial charge in [-0.3, -0.25) is 0 Å². The minimum absolute atomic E-state index is 1.12. The molecule has 236 valence electrons. The molecular weight excluding hydrogens is 474 g/mol. The Kier molecular flexibility index (Phi) is 34.0. The number of nitrogens with zero attached hydrogens (tertiary/aromatic N) is 2. The van der Waals surface area contributed by atoms with Crippen molar-refractivity contribution >= 4 is 0 Å². The fourth-order valence-electron chi connectivity index (χ4n) is 5.77. The number of unbranched alkanes of at least 4 members (excludes halogenated alkanes) is 25. The Bertz CT molecular complexity index is 428. The van der Waals surface area contributed by atoms with Crippen molar-refractivity contribution in [1.82, 2.24) is 15.6 Å². The molecule has 0 aliphatic heterocycles. The van der Waals surface area contributed by atoms with Crippen molar-refractivity contribution in [1.29, 1.82) is 0 Å². The van der Waals surface area contributed by atoms with Crippen LogP contribution >= 0.6 is 0 Å². The summed E-state index contributed by atoms with van der Waals surface area (Å²) in [5, 5.41) is 5.11. The molecule has 0 rings (SSSR count). The minimum atomic E-state index is 1.12. The Labute approximate surface area is 249 Å². The normalized spacial score (nSPS) is 11.8. The molecule has 39 heavy (non-hydrogen) atoms. The fraction of sp³-hybridized carbons (Fsp3) is 1.00. The lowest BCUT2D eigenvalue weighted by Gasteiger charge is -2.35. The summed E-state index contributed by atoms with van der Waals surface area (Å²) in [6.45, 7) is 13.9. The van der Waals surface area contributed by atoms with Gasteiger partial charge in [0.2, 0.25) is 0 Å². The highest BCUT2D eigenvalue weighted by molar-refractivity contribution is 4.58. The van der Waals surface area contributed by atoms with Crippen LogP contribution in [0.25, 0.3) is 0 Å². The van der Waals surface area contributed by atoms with E-state index in [4.69, 9.17) is 0 Å². The molecule has 0 saturated heterocycles. The molecule has 0 radical (unpaired) electrons. The van der Waals surface area contributed by atoms with Gasteiger partial charge in [-0.1, -0.05) is 188 Å². The SMILES string of the molecule is CCCCCCCCCCCCCCCCCCN(CC)N(CCCCCCCCCC)NCCCCCC. The summed E-state index contributed by atoms with van der Waals surface area (Å²) in [4.78, 5) is 0. The summed E-state index contributed by atoms with van der Waals surface area (Å²) in [5.41, 5.74) is 3.81. The van der Waals surface area contributed by atoms with E-state index in [1.807, 2.05) is 0 Å². The van der Waals surface area contributed by atoms with Gasteiger partial charge in [0, 0.05) is 26.2 Å². The number of hydrogen-bond donors (Lipinski definition) is 1. The largest absolute Gasteiger partial charge is 0.241 e. The van der Waals surface area contributed by atoms with Crippen LogP contribution < -0.4 is 5.43 Å². The lowest BCUT2D eigenvalue weighted by Crippen LogP contribution is -2.52. The van der Waals surface area contributed by atoms with E-state index in [-0.39, 0.29) is 0 Å². The summed E-state index contributed by atoms with van der Waals surface area (Å²) >= 11 is 0. The molecule has 3 nitrogen and oxygen atoms in total. The van der Waals surface area contributed by atoms with Crippen LogP contribution in [0.15, 0.2) is 0 Å². The molecule has 0 aromatic carbocycles. The molecule has 0 saturated carbocycles. The quantitative estimate of drug-likeness (QED) is 0.0633. The molecule has 0 aliphatic carbocycles. The van der Waals surface area contributed by atoms with E-state index in [2.05, 4.69) is 43.2 Å². The van der Waals surface area contributed by atoms with Crippen LogP contribution in [-0.2, 0) is 0 Å². The Morgan fingerprint density at radius 1 is 0.333 bits per heavy atom. The molecule has 3 heteroatoms. The van der Waals surface area contributed by atoms with Gasteiger partial charge >= 0.3 is 0 Å². The predicted molar refractivity (Wildman–Crippen MR) is 178 cm³/mol. The van der Waals surface area contributed by atoms with E-state index in [0.717, 1.165) is 13.1 Å². The van der Waals surface area contributed by atoms with E-state index in [0.29, 0.717) is 0 Å². The average molecular weight is 552 g/mol. The van der Waals surface area contributed by atoms with Crippen LogP contribution in [0.3, 0.4) is 0 Å². The van der Waals surface area contributed by atoms with Crippen LogP contribution in [-0.4, -0.2) is 36.3 Å². The summed E-state index contributed by atoms with van der Waals surface area (Å²) < 4.78 is 0. The Hall–Kier alpha value is -0.120. The Morgan fingerprint density at radius 2 is 0.641 bits per heavy atom. The molecule has 0 heterocycles. The summed E-state index contributed by atoms with van der Waals surface area (Å²) in [7, 11) is 0. The van der Waals surface area contributed by atoms with Gasteiger partial charge in [0.25, 0.3) is 0 Å². The van der Waals surface area contributed by atoms with E-state index < -0.39 is 0 Å². The third kappa shape index (κ3) is 29.2. The first-order valence-corrected chi connectivity index (χ1v) is 18.6. The molecular formula is C36H77N3. The van der Waals surface area contributed by atoms with Crippen molar-refractivity contribution < 1.29 is 0 Å². The van der Waals surface area contributed by atoms with Crippen LogP contribution in [0.4, 0.5) is 0 Å². The highest BCUT2D eigenvalue weighted by Crippen LogP contribution is 2.14. The van der Waals surface area contributed by atoms with Crippen molar-refractivity contribution in [2.24, 2.45) is 0 Å². The standard InChI is InChI=1S/C36H77N3/c1-5-9-12-15-17-19-20-21-22-23-24-25-26-27-29-32-35-38(8-4)39(37-34-31-14-11-7-3)36-33-30-28-18-16-13-10-6-2/h37H,5-36H2,1-4H3. The van der Waals surface area contributed by atoms with Gasteiger partial charge in [-0.15, -0.1) is 0 Å². The maximum Gasteiger partial charge on any atom is 0.0290 e. The molecule has 0 atom stereocenters. The van der Waals surface area contributed by atoms with Crippen molar-refractivity contribution in [3.63, 3.8) is 0 Å². The minimum Gasteiger partial charge on any atom is -0.241 e. The highest BCUT2D eigenvalue weighted by atomic mass is 15.8. The molecule has 0 fully saturated rings. The topological polar surface area (TPSA) is 18.5 Å². The molecule has 0 amide bonds. The first-order chi connectivity index (χ1) is 19.3. The van der Waals surface area contributed by atoms with Gasteiger partial charge in [0.1, 0.15) is 0 Å². The second kappa shape index (κ2) is 34.1. The Morgan fingerprint density at radius 3 is 1.00 bits per heavy atom. The van der Waals surface area contributed by atoms with Crippen LogP contribution in [0, 0.1) is 0 Å². The molecule has 0 unspecified atom stereocenters. The van der Waals surface area contributed by atoms with Crippen molar-refractivity contribution in [3.8, 4) is 0 Å². The molecule has 0 bridgehead atoms. The van der Waals surface area contributed by atoms with Crippen molar-refractivity contribution in [3.05, 3.63) is 0 Å². The average Bonchev–Trinajstić information content (AvgIpc) is 2.95. The second-order valence-corrected chi connectivity index (χ2v) is 12.4. The third-order valence-corrected chi connectivity index (χ3v) is 8.52. The first kappa shape index (κ1) is 38.9. The summed E-state index contributed by atoms with van der Waals surface area (Å²) in [6, 6.07) is 0. The molecule has 0 aliphatic rings. The molecule has 1 N–H and O–H groups in total. The number of hydrazine groups is 2. The first-order valence-electron chi connectivity index (χ1n) is 18.6.